The van der Waals surface area contributed by atoms with Crippen LogP contribution in [-0.4, -0.2) is 9.38 Å². The molecule has 2 heterocycles. The van der Waals surface area contributed by atoms with Crippen molar-refractivity contribution < 1.29 is 0 Å². The molecule has 0 aliphatic heterocycles. The number of anilines is 2. The molecular formula is C23H22N4. The van der Waals surface area contributed by atoms with Crippen LogP contribution >= 0.6 is 0 Å². The molecule has 2 aromatic heterocycles. The molecule has 0 saturated carbocycles. The Morgan fingerprint density at radius 1 is 1.11 bits per heavy atom. The van der Waals surface area contributed by atoms with Crippen LogP contribution in [0.1, 0.15) is 34.7 Å². The Kier molecular flexibility index (Phi) is 4.08. The summed E-state index contributed by atoms with van der Waals surface area (Å²) in [4.78, 5) is 4.76. The monoisotopic (exact) mass is 354 g/mol. The molecule has 0 aliphatic rings. The highest BCUT2D eigenvalue weighted by molar-refractivity contribution is 5.87. The van der Waals surface area contributed by atoms with E-state index in [1.54, 1.807) is 0 Å². The van der Waals surface area contributed by atoms with Gasteiger partial charge in [-0.1, -0.05) is 31.2 Å². The molecule has 0 bridgehead atoms. The maximum atomic E-state index is 9.80. The number of aromatic nitrogens is 2. The van der Waals surface area contributed by atoms with Crippen LogP contribution in [0.2, 0.25) is 0 Å². The molecule has 0 unspecified atom stereocenters. The molecule has 2 aromatic carbocycles. The van der Waals surface area contributed by atoms with E-state index in [2.05, 4.69) is 60.8 Å². The van der Waals surface area contributed by atoms with Gasteiger partial charge in [0, 0.05) is 5.69 Å². The Morgan fingerprint density at radius 3 is 2.63 bits per heavy atom. The van der Waals surface area contributed by atoms with Crippen LogP contribution in [0.25, 0.3) is 16.7 Å². The number of rotatable bonds is 3. The number of imidazole rings is 1. The van der Waals surface area contributed by atoms with Crippen LogP contribution in [-0.2, 0) is 6.42 Å². The van der Waals surface area contributed by atoms with Gasteiger partial charge in [-0.05, 0) is 67.6 Å². The topological polar surface area (TPSA) is 53.1 Å². The molecule has 4 heteroatoms. The molecule has 27 heavy (non-hydrogen) atoms. The zero-order valence-corrected chi connectivity index (χ0v) is 16.1. The quantitative estimate of drug-likeness (QED) is 0.522. The normalized spacial score (nSPS) is 11.1. The number of hydrogen-bond donors (Lipinski definition) is 1. The predicted molar refractivity (Wildman–Crippen MR) is 111 cm³/mol. The van der Waals surface area contributed by atoms with Crippen molar-refractivity contribution in [1.29, 1.82) is 5.26 Å². The minimum atomic E-state index is 0.648. The summed E-state index contributed by atoms with van der Waals surface area (Å²) < 4.78 is 2.10. The lowest BCUT2D eigenvalue weighted by atomic mass is 10.0. The maximum Gasteiger partial charge on any atom is 0.157 e. The lowest BCUT2D eigenvalue weighted by Crippen LogP contribution is -2.08. The average molecular weight is 354 g/mol. The van der Waals surface area contributed by atoms with Crippen LogP contribution in [0, 0.1) is 32.1 Å². The van der Waals surface area contributed by atoms with Gasteiger partial charge in [0.15, 0.2) is 5.65 Å². The third-order valence-electron chi connectivity index (χ3n) is 5.23. The summed E-state index contributed by atoms with van der Waals surface area (Å²) in [5.41, 5.74) is 8.86. The average Bonchev–Trinajstić information content (AvgIpc) is 3.04. The Hall–Kier alpha value is -3.32. The first kappa shape index (κ1) is 17.1. The summed E-state index contributed by atoms with van der Waals surface area (Å²) in [6.45, 7) is 8.35. The van der Waals surface area contributed by atoms with Crippen molar-refractivity contribution in [2.75, 3.05) is 5.32 Å². The van der Waals surface area contributed by atoms with Gasteiger partial charge in [-0.25, -0.2) is 4.98 Å². The van der Waals surface area contributed by atoms with Gasteiger partial charge in [0.1, 0.15) is 11.9 Å². The van der Waals surface area contributed by atoms with Crippen molar-refractivity contribution in [2.24, 2.45) is 0 Å². The van der Waals surface area contributed by atoms with E-state index in [0.717, 1.165) is 40.1 Å². The van der Waals surface area contributed by atoms with Crippen LogP contribution in [0.4, 0.5) is 11.5 Å². The van der Waals surface area contributed by atoms with E-state index in [-0.39, 0.29) is 0 Å². The Balaban J connectivity index is 2.12. The number of nitrogens with zero attached hydrogens (tertiary/aromatic N) is 3. The van der Waals surface area contributed by atoms with Gasteiger partial charge < -0.3 is 5.32 Å². The van der Waals surface area contributed by atoms with E-state index in [0.29, 0.717) is 11.2 Å². The van der Waals surface area contributed by atoms with Gasteiger partial charge in [-0.2, -0.15) is 5.26 Å². The fraction of sp³-hybridized carbons (Fsp3) is 0.217. The minimum absolute atomic E-state index is 0.648. The van der Waals surface area contributed by atoms with E-state index < -0.39 is 0 Å². The van der Waals surface area contributed by atoms with Gasteiger partial charge in [0.2, 0.25) is 0 Å². The zero-order chi connectivity index (χ0) is 19.1. The molecule has 0 saturated heterocycles. The van der Waals surface area contributed by atoms with Gasteiger partial charge in [-0.3, -0.25) is 4.40 Å². The summed E-state index contributed by atoms with van der Waals surface area (Å²) in [6.07, 6.45) is 0.830. The first-order chi connectivity index (χ1) is 13.0. The number of benzene rings is 2. The summed E-state index contributed by atoms with van der Waals surface area (Å²) in [6, 6.07) is 16.8. The molecule has 4 nitrogen and oxygen atoms in total. The van der Waals surface area contributed by atoms with Crippen LogP contribution in [0.5, 0.6) is 0 Å². The molecule has 1 N–H and O–H groups in total. The van der Waals surface area contributed by atoms with Crippen LogP contribution in [0.3, 0.4) is 0 Å². The molecule has 0 amide bonds. The third-order valence-corrected chi connectivity index (χ3v) is 5.23. The number of nitrogens with one attached hydrogen (secondary N) is 1. The van der Waals surface area contributed by atoms with Gasteiger partial charge in [-0.15, -0.1) is 0 Å². The number of para-hydroxylation sites is 2. The molecule has 4 rings (SSSR count). The highest BCUT2D eigenvalue weighted by Gasteiger charge is 2.20. The molecule has 0 atom stereocenters. The van der Waals surface area contributed by atoms with Crippen molar-refractivity contribution in [3.8, 4) is 6.07 Å². The zero-order valence-electron chi connectivity index (χ0n) is 16.1. The second-order valence-corrected chi connectivity index (χ2v) is 7.00. The second kappa shape index (κ2) is 6.44. The van der Waals surface area contributed by atoms with Crippen molar-refractivity contribution in [3.05, 3.63) is 70.3 Å². The predicted octanol–water partition coefficient (Wildman–Crippen LogP) is 5.59. The van der Waals surface area contributed by atoms with Crippen molar-refractivity contribution in [3.63, 3.8) is 0 Å². The molecule has 4 aromatic rings. The van der Waals surface area contributed by atoms with E-state index in [1.165, 1.54) is 11.1 Å². The van der Waals surface area contributed by atoms with Crippen molar-refractivity contribution in [2.45, 2.75) is 34.1 Å². The van der Waals surface area contributed by atoms with Gasteiger partial charge in [0.25, 0.3) is 0 Å². The number of fused-ring (bicyclic) bond motifs is 3. The third kappa shape index (κ3) is 2.63. The largest absolute Gasteiger partial charge is 0.341 e. The SMILES string of the molecule is CCc1c(C)c(C#N)c2nc3ccccc3n2c1Nc1cc(C)ccc1C. The molecule has 0 fully saturated rings. The summed E-state index contributed by atoms with van der Waals surface area (Å²) in [5, 5.41) is 13.5. The summed E-state index contributed by atoms with van der Waals surface area (Å²) in [5.74, 6) is 0.992. The summed E-state index contributed by atoms with van der Waals surface area (Å²) >= 11 is 0. The first-order valence-corrected chi connectivity index (χ1v) is 9.22. The first-order valence-electron chi connectivity index (χ1n) is 9.22. The number of hydrogen-bond acceptors (Lipinski definition) is 3. The standard InChI is InChI=1S/C23H22N4/c1-5-17-16(4)18(13-24)23-25-19-8-6-7-9-21(19)27(23)22(17)26-20-12-14(2)10-11-15(20)3/h6-12,26H,5H2,1-4H3. The summed E-state index contributed by atoms with van der Waals surface area (Å²) in [7, 11) is 0. The highest BCUT2D eigenvalue weighted by Crippen LogP contribution is 2.33. The van der Waals surface area contributed by atoms with Gasteiger partial charge in [0.05, 0.1) is 16.6 Å². The number of aryl methyl sites for hydroxylation is 2. The van der Waals surface area contributed by atoms with Crippen LogP contribution in [0.15, 0.2) is 42.5 Å². The fourth-order valence-electron chi connectivity index (χ4n) is 3.75. The number of pyridine rings is 1. The van der Waals surface area contributed by atoms with Crippen molar-refractivity contribution in [1.82, 2.24) is 9.38 Å². The van der Waals surface area contributed by atoms with Gasteiger partial charge >= 0.3 is 0 Å². The molecule has 134 valence electrons. The highest BCUT2D eigenvalue weighted by atomic mass is 15.1. The van der Waals surface area contributed by atoms with E-state index in [1.807, 2.05) is 25.1 Å². The van der Waals surface area contributed by atoms with Crippen LogP contribution < -0.4 is 5.32 Å². The Morgan fingerprint density at radius 2 is 1.89 bits per heavy atom. The van der Waals surface area contributed by atoms with E-state index in [4.69, 9.17) is 4.98 Å². The lowest BCUT2D eigenvalue weighted by molar-refractivity contribution is 1.05. The minimum Gasteiger partial charge on any atom is -0.341 e. The fourth-order valence-corrected chi connectivity index (χ4v) is 3.75. The molecule has 0 aliphatic carbocycles. The Bertz CT molecular complexity index is 1230. The van der Waals surface area contributed by atoms with Crippen molar-refractivity contribution >= 4 is 28.2 Å². The molecule has 0 radical (unpaired) electrons. The molecule has 0 spiro atoms. The Labute approximate surface area is 159 Å². The lowest BCUT2D eigenvalue weighted by Gasteiger charge is -2.19. The maximum absolute atomic E-state index is 9.80. The second-order valence-electron chi connectivity index (χ2n) is 7.00. The molecular weight excluding hydrogens is 332 g/mol. The smallest absolute Gasteiger partial charge is 0.157 e. The van der Waals surface area contributed by atoms with E-state index >= 15 is 0 Å². The van der Waals surface area contributed by atoms with E-state index in [9.17, 15) is 5.26 Å². The number of nitriles is 1.